The minimum Gasteiger partial charge on any atom is -0.363 e. The van der Waals surface area contributed by atoms with Crippen molar-refractivity contribution in [2.45, 2.75) is 18.9 Å². The van der Waals surface area contributed by atoms with Crippen LogP contribution in [0.15, 0.2) is 29.8 Å². The van der Waals surface area contributed by atoms with E-state index in [1.807, 2.05) is 5.38 Å². The molecule has 0 saturated heterocycles. The average molecular weight is 425 g/mol. The standard InChI is InChI=1S/C19H15N5O3S2/c20-18(26)17(25)13(8-10-9-28-14-6-3-4-11(10)14)22-19(27)16-15(23-29-24-16)12-5-1-2-7-21-12/h1-2,4-7,9,13H,3,8H2,(H2,20,26)(H,22,27). The number of nitrogens with zero attached hydrogens (tertiary/aromatic N) is 3. The summed E-state index contributed by atoms with van der Waals surface area (Å²) in [5.41, 5.74) is 6.95. The second-order valence-electron chi connectivity index (χ2n) is 6.32. The van der Waals surface area contributed by atoms with Gasteiger partial charge in [-0.3, -0.25) is 19.4 Å². The highest BCUT2D eigenvalue weighted by Crippen LogP contribution is 2.19. The Bertz CT molecular complexity index is 1220. The molecule has 4 rings (SSSR count). The second-order valence-corrected chi connectivity index (χ2v) is 7.76. The van der Waals surface area contributed by atoms with E-state index in [-0.39, 0.29) is 12.1 Å². The molecule has 146 valence electrons. The second kappa shape index (κ2) is 8.02. The summed E-state index contributed by atoms with van der Waals surface area (Å²) in [6.45, 7) is 0. The Kier molecular flexibility index (Phi) is 5.28. The Morgan fingerprint density at radius 1 is 1.21 bits per heavy atom. The fourth-order valence-corrected chi connectivity index (χ4v) is 4.67. The summed E-state index contributed by atoms with van der Waals surface area (Å²) < 4.78 is 9.31. The molecule has 3 heterocycles. The van der Waals surface area contributed by atoms with Gasteiger partial charge >= 0.3 is 0 Å². The Morgan fingerprint density at radius 3 is 2.83 bits per heavy atom. The van der Waals surface area contributed by atoms with Crippen molar-refractivity contribution in [3.63, 3.8) is 0 Å². The molecule has 29 heavy (non-hydrogen) atoms. The van der Waals surface area contributed by atoms with Gasteiger partial charge in [0.05, 0.1) is 17.4 Å². The summed E-state index contributed by atoms with van der Waals surface area (Å²) >= 11 is 2.43. The Labute approximate surface area is 173 Å². The SMILES string of the molecule is NC(=O)C(=O)C(Cc1csc2c1=CCC=2)NC(=O)c1nsnc1-c1ccccn1. The van der Waals surface area contributed by atoms with E-state index in [1.165, 1.54) is 0 Å². The summed E-state index contributed by atoms with van der Waals surface area (Å²) in [4.78, 5) is 40.9. The smallest absolute Gasteiger partial charge is 0.287 e. The lowest BCUT2D eigenvalue weighted by Crippen LogP contribution is -2.48. The van der Waals surface area contributed by atoms with Gasteiger partial charge in [-0.1, -0.05) is 18.2 Å². The molecule has 0 bridgehead atoms. The molecule has 0 spiro atoms. The number of primary amides is 1. The summed E-state index contributed by atoms with van der Waals surface area (Å²) in [6.07, 6.45) is 6.72. The first-order valence-corrected chi connectivity index (χ1v) is 10.3. The van der Waals surface area contributed by atoms with E-state index in [0.717, 1.165) is 33.5 Å². The first-order chi connectivity index (χ1) is 14.0. The maximum absolute atomic E-state index is 12.8. The van der Waals surface area contributed by atoms with Crippen LogP contribution in [0.25, 0.3) is 23.5 Å². The molecule has 0 aromatic carbocycles. The van der Waals surface area contributed by atoms with Gasteiger partial charge in [0.1, 0.15) is 11.7 Å². The number of Topliss-reactive ketones (excluding diaryl/α,β-unsaturated/α-hetero) is 1. The number of rotatable bonds is 7. The summed E-state index contributed by atoms with van der Waals surface area (Å²) in [5, 5.41) is 5.57. The third kappa shape index (κ3) is 3.84. The first-order valence-electron chi connectivity index (χ1n) is 8.70. The molecule has 0 radical (unpaired) electrons. The highest BCUT2D eigenvalue weighted by Gasteiger charge is 2.29. The van der Waals surface area contributed by atoms with Crippen molar-refractivity contribution in [1.29, 1.82) is 0 Å². The number of hydrogen-bond acceptors (Lipinski definition) is 8. The molecule has 10 heteroatoms. The van der Waals surface area contributed by atoms with Crippen molar-refractivity contribution in [3.05, 3.63) is 50.8 Å². The number of amides is 2. The lowest BCUT2D eigenvalue weighted by Gasteiger charge is -2.15. The molecule has 1 aliphatic rings. The highest BCUT2D eigenvalue weighted by molar-refractivity contribution is 7.07. The van der Waals surface area contributed by atoms with Gasteiger partial charge in [-0.2, -0.15) is 8.75 Å². The Hall–Kier alpha value is -3.24. The quantitative estimate of drug-likeness (QED) is 0.514. The molecule has 3 aromatic rings. The molecule has 1 atom stereocenters. The molecule has 2 amide bonds. The van der Waals surface area contributed by atoms with Crippen molar-refractivity contribution >= 4 is 52.8 Å². The number of fused-ring (bicyclic) bond motifs is 1. The number of hydrogen-bond donors (Lipinski definition) is 2. The lowest BCUT2D eigenvalue weighted by molar-refractivity contribution is -0.137. The van der Waals surface area contributed by atoms with Gasteiger partial charge in [-0.15, -0.1) is 11.3 Å². The first kappa shape index (κ1) is 19.1. The number of pyridine rings is 1. The average Bonchev–Trinajstić information content (AvgIpc) is 3.45. The summed E-state index contributed by atoms with van der Waals surface area (Å²) in [6, 6.07) is 4.14. The molecule has 3 N–H and O–H groups in total. The normalized spacial score (nSPS) is 13.1. The predicted octanol–water partition coefficient (Wildman–Crippen LogP) is 0.0218. The number of thiophene rings is 1. The molecular weight excluding hydrogens is 410 g/mol. The molecule has 3 aromatic heterocycles. The van der Waals surface area contributed by atoms with E-state index in [1.54, 1.807) is 35.7 Å². The van der Waals surface area contributed by atoms with Crippen LogP contribution in [0.2, 0.25) is 0 Å². The zero-order valence-electron chi connectivity index (χ0n) is 15.0. The molecule has 0 saturated carbocycles. The Morgan fingerprint density at radius 2 is 2.07 bits per heavy atom. The summed E-state index contributed by atoms with van der Waals surface area (Å²) in [7, 11) is 0. The number of nitrogens with one attached hydrogen (secondary N) is 1. The topological polar surface area (TPSA) is 128 Å². The predicted molar refractivity (Wildman–Crippen MR) is 109 cm³/mol. The van der Waals surface area contributed by atoms with Crippen LogP contribution in [0.3, 0.4) is 0 Å². The van der Waals surface area contributed by atoms with Crippen LogP contribution in [-0.2, 0) is 16.0 Å². The van der Waals surface area contributed by atoms with Crippen LogP contribution < -0.4 is 20.8 Å². The van der Waals surface area contributed by atoms with Crippen molar-refractivity contribution in [2.75, 3.05) is 0 Å². The van der Waals surface area contributed by atoms with E-state index in [4.69, 9.17) is 5.73 Å². The molecule has 8 nitrogen and oxygen atoms in total. The van der Waals surface area contributed by atoms with Crippen LogP contribution in [0.4, 0.5) is 0 Å². The van der Waals surface area contributed by atoms with Gasteiger partial charge in [0.25, 0.3) is 11.8 Å². The third-order valence-electron chi connectivity index (χ3n) is 4.46. The van der Waals surface area contributed by atoms with Crippen LogP contribution in [0, 0.1) is 0 Å². The van der Waals surface area contributed by atoms with E-state index >= 15 is 0 Å². The van der Waals surface area contributed by atoms with Crippen LogP contribution >= 0.6 is 23.1 Å². The van der Waals surface area contributed by atoms with Gasteiger partial charge in [-0.25, -0.2) is 0 Å². The van der Waals surface area contributed by atoms with Gasteiger partial charge in [0.2, 0.25) is 5.78 Å². The van der Waals surface area contributed by atoms with Gasteiger partial charge in [0.15, 0.2) is 5.69 Å². The number of carbonyl (C=O) groups is 3. The van der Waals surface area contributed by atoms with Crippen LogP contribution in [-0.4, -0.2) is 37.4 Å². The monoisotopic (exact) mass is 425 g/mol. The van der Waals surface area contributed by atoms with Crippen molar-refractivity contribution in [2.24, 2.45) is 5.73 Å². The van der Waals surface area contributed by atoms with Crippen LogP contribution in [0.5, 0.6) is 0 Å². The Balaban J connectivity index is 1.61. The number of nitrogens with two attached hydrogens (primary N) is 1. The minimum atomic E-state index is -1.10. The van der Waals surface area contributed by atoms with E-state index < -0.39 is 23.6 Å². The largest absolute Gasteiger partial charge is 0.363 e. The fourth-order valence-electron chi connectivity index (χ4n) is 3.09. The lowest BCUT2D eigenvalue weighted by atomic mass is 10.0. The van der Waals surface area contributed by atoms with Crippen molar-refractivity contribution in [1.82, 2.24) is 19.0 Å². The maximum Gasteiger partial charge on any atom is 0.287 e. The zero-order valence-corrected chi connectivity index (χ0v) is 16.6. The number of carbonyl (C=O) groups excluding carboxylic acids is 3. The minimum absolute atomic E-state index is 0.0476. The zero-order chi connectivity index (χ0) is 20.4. The number of ketones is 1. The van der Waals surface area contributed by atoms with Crippen molar-refractivity contribution < 1.29 is 14.4 Å². The highest BCUT2D eigenvalue weighted by atomic mass is 32.1. The molecule has 0 aliphatic heterocycles. The third-order valence-corrected chi connectivity index (χ3v) is 6.04. The number of aromatic nitrogens is 3. The van der Waals surface area contributed by atoms with Gasteiger partial charge in [-0.05, 0) is 34.7 Å². The maximum atomic E-state index is 12.8. The molecular formula is C19H15N5O3S2. The van der Waals surface area contributed by atoms with Gasteiger partial charge < -0.3 is 11.1 Å². The van der Waals surface area contributed by atoms with Gasteiger partial charge in [0, 0.05) is 17.2 Å². The van der Waals surface area contributed by atoms with E-state index in [0.29, 0.717) is 11.4 Å². The fraction of sp³-hybridized carbons (Fsp3) is 0.158. The molecule has 1 unspecified atom stereocenters. The molecule has 1 aliphatic carbocycles. The van der Waals surface area contributed by atoms with E-state index in [9.17, 15) is 14.4 Å². The van der Waals surface area contributed by atoms with E-state index in [2.05, 4.69) is 31.2 Å². The van der Waals surface area contributed by atoms with Crippen molar-refractivity contribution in [3.8, 4) is 11.4 Å². The summed E-state index contributed by atoms with van der Waals surface area (Å²) in [5.74, 6) is -2.57. The molecule has 0 fully saturated rings. The van der Waals surface area contributed by atoms with Crippen LogP contribution in [0.1, 0.15) is 22.5 Å².